The van der Waals surface area contributed by atoms with E-state index in [4.69, 9.17) is 0 Å². The highest BCUT2D eigenvalue weighted by Crippen LogP contribution is 2.17. The molecule has 1 atom stereocenters. The second-order valence-corrected chi connectivity index (χ2v) is 2.41. The Morgan fingerprint density at radius 3 is 2.18 bits per heavy atom. The lowest BCUT2D eigenvalue weighted by Gasteiger charge is -2.19. The molecule has 0 aliphatic carbocycles. The fraction of sp³-hybridized carbons (Fsp3) is 0.200. The molecule has 0 saturated heterocycles. The first-order chi connectivity index (χ1) is 5.08. The first-order valence-electron chi connectivity index (χ1n) is 3.40. The van der Waals surface area contributed by atoms with E-state index in [9.17, 15) is 5.11 Å². The van der Waals surface area contributed by atoms with Crippen LogP contribution < -0.4 is 0 Å². The molecular weight excluding hydrogens is 136 g/mol. The first kappa shape index (κ1) is 9.92. The summed E-state index contributed by atoms with van der Waals surface area (Å²) in [6.07, 6.45) is 6.36. The summed E-state index contributed by atoms with van der Waals surface area (Å²) in [6.45, 7) is 12.3. The SMILES string of the molecule is C=C/C=C(\C=C)C(C)(O)C=C. The van der Waals surface area contributed by atoms with E-state index in [2.05, 4.69) is 19.7 Å². The molecule has 0 aliphatic heterocycles. The van der Waals surface area contributed by atoms with Gasteiger partial charge in [-0.05, 0) is 12.5 Å². The van der Waals surface area contributed by atoms with Crippen molar-refractivity contribution in [2.24, 2.45) is 0 Å². The molecule has 0 amide bonds. The van der Waals surface area contributed by atoms with Gasteiger partial charge >= 0.3 is 0 Å². The fourth-order valence-electron chi connectivity index (χ4n) is 0.688. The summed E-state index contributed by atoms with van der Waals surface area (Å²) >= 11 is 0. The Labute approximate surface area is 68.1 Å². The molecule has 0 rings (SSSR count). The van der Waals surface area contributed by atoms with E-state index in [1.54, 1.807) is 25.2 Å². The van der Waals surface area contributed by atoms with Crippen LogP contribution in [0.5, 0.6) is 0 Å². The molecule has 0 aromatic carbocycles. The lowest BCUT2D eigenvalue weighted by atomic mass is 9.96. The van der Waals surface area contributed by atoms with E-state index in [1.807, 2.05) is 0 Å². The molecule has 1 nitrogen and oxygen atoms in total. The molecule has 1 unspecified atom stereocenters. The molecule has 60 valence electrons. The Bertz CT molecular complexity index is 197. The second kappa shape index (κ2) is 3.94. The number of rotatable bonds is 4. The third kappa shape index (κ3) is 2.56. The maximum absolute atomic E-state index is 9.61. The molecule has 0 aromatic rings. The van der Waals surface area contributed by atoms with E-state index in [0.717, 1.165) is 0 Å². The van der Waals surface area contributed by atoms with Crippen molar-refractivity contribution in [3.05, 3.63) is 49.6 Å². The summed E-state index contributed by atoms with van der Waals surface area (Å²) in [4.78, 5) is 0. The number of aliphatic hydroxyl groups is 1. The molecule has 0 fully saturated rings. The van der Waals surface area contributed by atoms with Gasteiger partial charge in [-0.2, -0.15) is 0 Å². The van der Waals surface area contributed by atoms with Crippen molar-refractivity contribution in [2.45, 2.75) is 12.5 Å². The summed E-state index contributed by atoms with van der Waals surface area (Å²) in [6, 6.07) is 0. The zero-order chi connectivity index (χ0) is 8.91. The Balaban J connectivity index is 4.76. The van der Waals surface area contributed by atoms with Crippen LogP contribution in [0.25, 0.3) is 0 Å². The number of allylic oxidation sites excluding steroid dienone is 2. The van der Waals surface area contributed by atoms with Crippen LogP contribution in [-0.4, -0.2) is 10.7 Å². The minimum atomic E-state index is -1.00. The average molecular weight is 150 g/mol. The lowest BCUT2D eigenvalue weighted by molar-refractivity contribution is 0.155. The topological polar surface area (TPSA) is 20.2 Å². The lowest BCUT2D eigenvalue weighted by Crippen LogP contribution is -2.22. The largest absolute Gasteiger partial charge is 0.381 e. The van der Waals surface area contributed by atoms with E-state index in [-0.39, 0.29) is 0 Å². The summed E-state index contributed by atoms with van der Waals surface area (Å²) in [7, 11) is 0. The molecule has 0 radical (unpaired) electrons. The van der Waals surface area contributed by atoms with Crippen molar-refractivity contribution < 1.29 is 5.11 Å². The quantitative estimate of drug-likeness (QED) is 0.481. The van der Waals surface area contributed by atoms with Gasteiger partial charge in [-0.15, -0.1) is 0 Å². The van der Waals surface area contributed by atoms with Crippen LogP contribution in [0.4, 0.5) is 0 Å². The normalized spacial score (nSPS) is 16.7. The summed E-state index contributed by atoms with van der Waals surface area (Å²) < 4.78 is 0. The van der Waals surface area contributed by atoms with Crippen molar-refractivity contribution in [3.63, 3.8) is 0 Å². The molecule has 1 heteroatoms. The van der Waals surface area contributed by atoms with Crippen LogP contribution in [0.3, 0.4) is 0 Å². The maximum Gasteiger partial charge on any atom is 0.105 e. The molecule has 0 heterocycles. The van der Waals surface area contributed by atoms with Gasteiger partial charge in [-0.25, -0.2) is 0 Å². The van der Waals surface area contributed by atoms with Gasteiger partial charge in [-0.3, -0.25) is 0 Å². The van der Waals surface area contributed by atoms with Crippen LogP contribution in [0.15, 0.2) is 49.6 Å². The van der Waals surface area contributed by atoms with Crippen molar-refractivity contribution >= 4 is 0 Å². The standard InChI is InChI=1S/C10H14O/c1-5-8-9(6-2)10(4,11)7-3/h5-8,11H,1-3H2,4H3/b9-8+. The smallest absolute Gasteiger partial charge is 0.105 e. The molecule has 11 heavy (non-hydrogen) atoms. The highest BCUT2D eigenvalue weighted by molar-refractivity contribution is 5.33. The average Bonchev–Trinajstić information content (AvgIpc) is 2.00. The van der Waals surface area contributed by atoms with Gasteiger partial charge in [0.05, 0.1) is 0 Å². The molecule has 0 spiro atoms. The molecule has 0 saturated carbocycles. The van der Waals surface area contributed by atoms with E-state index in [1.165, 1.54) is 6.08 Å². The van der Waals surface area contributed by atoms with Gasteiger partial charge in [0.2, 0.25) is 0 Å². The van der Waals surface area contributed by atoms with Crippen molar-refractivity contribution in [1.82, 2.24) is 0 Å². The molecule has 1 N–H and O–H groups in total. The van der Waals surface area contributed by atoms with Crippen molar-refractivity contribution in [3.8, 4) is 0 Å². The minimum absolute atomic E-state index is 0.697. The van der Waals surface area contributed by atoms with Crippen LogP contribution in [0.1, 0.15) is 6.92 Å². The number of hydrogen-bond acceptors (Lipinski definition) is 1. The van der Waals surface area contributed by atoms with Gasteiger partial charge in [0.1, 0.15) is 5.60 Å². The van der Waals surface area contributed by atoms with E-state index >= 15 is 0 Å². The minimum Gasteiger partial charge on any atom is -0.381 e. The van der Waals surface area contributed by atoms with Crippen molar-refractivity contribution in [2.75, 3.05) is 0 Å². The summed E-state index contributed by atoms with van der Waals surface area (Å²) in [5, 5.41) is 9.61. The summed E-state index contributed by atoms with van der Waals surface area (Å²) in [5.41, 5.74) is -0.307. The third-order valence-electron chi connectivity index (χ3n) is 1.50. The predicted molar refractivity (Wildman–Crippen MR) is 49.3 cm³/mol. The predicted octanol–water partition coefficient (Wildman–Crippen LogP) is 2.22. The third-order valence-corrected chi connectivity index (χ3v) is 1.50. The molecular formula is C10H14O. The Hall–Kier alpha value is -1.08. The monoisotopic (exact) mass is 150 g/mol. The summed E-state index contributed by atoms with van der Waals surface area (Å²) in [5.74, 6) is 0. The highest BCUT2D eigenvalue weighted by atomic mass is 16.3. The van der Waals surface area contributed by atoms with Crippen LogP contribution in [-0.2, 0) is 0 Å². The second-order valence-electron chi connectivity index (χ2n) is 2.41. The van der Waals surface area contributed by atoms with Gasteiger partial charge in [-0.1, -0.05) is 44.0 Å². The Morgan fingerprint density at radius 2 is 1.91 bits per heavy atom. The zero-order valence-electron chi connectivity index (χ0n) is 6.88. The van der Waals surface area contributed by atoms with Crippen LogP contribution in [0, 0.1) is 0 Å². The molecule has 0 aromatic heterocycles. The number of hydrogen-bond donors (Lipinski definition) is 1. The van der Waals surface area contributed by atoms with Gasteiger partial charge in [0, 0.05) is 0 Å². The van der Waals surface area contributed by atoms with Crippen LogP contribution >= 0.6 is 0 Å². The maximum atomic E-state index is 9.61. The van der Waals surface area contributed by atoms with E-state index < -0.39 is 5.60 Å². The fourth-order valence-corrected chi connectivity index (χ4v) is 0.688. The Morgan fingerprint density at radius 1 is 1.36 bits per heavy atom. The molecule has 0 aliphatic rings. The van der Waals surface area contributed by atoms with Gasteiger partial charge in [0.15, 0.2) is 0 Å². The van der Waals surface area contributed by atoms with E-state index in [0.29, 0.717) is 5.57 Å². The van der Waals surface area contributed by atoms with Gasteiger partial charge < -0.3 is 5.11 Å². The van der Waals surface area contributed by atoms with Gasteiger partial charge in [0.25, 0.3) is 0 Å². The van der Waals surface area contributed by atoms with Crippen molar-refractivity contribution in [1.29, 1.82) is 0 Å². The first-order valence-corrected chi connectivity index (χ1v) is 3.40. The highest BCUT2D eigenvalue weighted by Gasteiger charge is 2.17. The Kier molecular flexibility index (Phi) is 3.55. The molecule has 0 bridgehead atoms. The van der Waals surface area contributed by atoms with Crippen LogP contribution in [0.2, 0.25) is 0 Å². The zero-order valence-corrected chi connectivity index (χ0v) is 6.88.